The van der Waals surface area contributed by atoms with Crippen molar-refractivity contribution in [3.8, 4) is 0 Å². The second-order valence-electron chi connectivity index (χ2n) is 7.65. The maximum absolute atomic E-state index is 12.9. The van der Waals surface area contributed by atoms with Crippen molar-refractivity contribution in [1.82, 2.24) is 10.9 Å². The smallest absolute Gasteiger partial charge is 0.349 e. The third kappa shape index (κ3) is 6.56. The van der Waals surface area contributed by atoms with Gasteiger partial charge in [-0.15, -0.1) is 0 Å². The third-order valence-electron chi connectivity index (χ3n) is 4.80. The van der Waals surface area contributed by atoms with Crippen LogP contribution in [0.25, 0.3) is 0 Å². The summed E-state index contributed by atoms with van der Waals surface area (Å²) in [7, 11) is 0. The standard InChI is InChI=1S/C25H22N2O9/c1-14-6-3-8-16(12-14)24(32)35-19(22(29)27-26-21(28)18-10-5-11-34-18)20(23(30)31)36-25(33)17-9-4-7-15(2)13-17/h3-13,19-20H,1-2H3,(H,26,28)(H,27,29)(H,30,31)/t19-,20-/m0/s1. The Kier molecular flexibility index (Phi) is 8.18. The number of carboxylic acid groups (broad SMARTS) is 1. The second kappa shape index (κ2) is 11.5. The summed E-state index contributed by atoms with van der Waals surface area (Å²) < 4.78 is 15.2. The third-order valence-corrected chi connectivity index (χ3v) is 4.80. The molecule has 0 aliphatic carbocycles. The Morgan fingerprint density at radius 2 is 1.33 bits per heavy atom. The van der Waals surface area contributed by atoms with Gasteiger partial charge in [-0.05, 0) is 50.2 Å². The van der Waals surface area contributed by atoms with Gasteiger partial charge in [0, 0.05) is 0 Å². The van der Waals surface area contributed by atoms with E-state index in [1.54, 1.807) is 38.1 Å². The maximum atomic E-state index is 12.9. The van der Waals surface area contributed by atoms with Gasteiger partial charge in [-0.3, -0.25) is 20.4 Å². The number of hydrogen-bond donors (Lipinski definition) is 3. The second-order valence-corrected chi connectivity index (χ2v) is 7.65. The first-order valence-electron chi connectivity index (χ1n) is 10.6. The minimum absolute atomic E-state index is 0.0246. The lowest BCUT2D eigenvalue weighted by Gasteiger charge is -2.23. The molecule has 0 spiro atoms. The summed E-state index contributed by atoms with van der Waals surface area (Å²) >= 11 is 0. The first-order chi connectivity index (χ1) is 17.2. The number of amides is 2. The average molecular weight is 494 g/mol. The van der Waals surface area contributed by atoms with Crippen molar-refractivity contribution in [3.05, 3.63) is 94.9 Å². The van der Waals surface area contributed by atoms with Crippen LogP contribution in [-0.4, -0.2) is 47.0 Å². The molecule has 2 aromatic carbocycles. The van der Waals surface area contributed by atoms with Crippen LogP contribution in [0, 0.1) is 13.8 Å². The van der Waals surface area contributed by atoms with Gasteiger partial charge in [0.2, 0.25) is 12.2 Å². The van der Waals surface area contributed by atoms with Crippen molar-refractivity contribution in [2.45, 2.75) is 26.1 Å². The molecular weight excluding hydrogens is 472 g/mol. The van der Waals surface area contributed by atoms with Crippen molar-refractivity contribution < 1.29 is 43.0 Å². The Morgan fingerprint density at radius 3 is 1.81 bits per heavy atom. The Hall–Kier alpha value is -4.93. The van der Waals surface area contributed by atoms with Crippen LogP contribution in [0.3, 0.4) is 0 Å². The molecule has 1 aromatic heterocycles. The summed E-state index contributed by atoms with van der Waals surface area (Å²) in [6.07, 6.45) is -3.18. The lowest BCUT2D eigenvalue weighted by atomic mass is 10.1. The first-order valence-corrected chi connectivity index (χ1v) is 10.6. The number of esters is 2. The Labute approximate surface area is 205 Å². The van der Waals surface area contributed by atoms with E-state index in [9.17, 15) is 29.1 Å². The fourth-order valence-electron chi connectivity index (χ4n) is 3.06. The molecule has 3 aromatic rings. The molecule has 0 saturated carbocycles. The van der Waals surface area contributed by atoms with Crippen molar-refractivity contribution in [2.24, 2.45) is 0 Å². The number of carbonyl (C=O) groups excluding carboxylic acids is 4. The molecule has 11 nitrogen and oxygen atoms in total. The molecule has 3 N–H and O–H groups in total. The Balaban J connectivity index is 1.85. The van der Waals surface area contributed by atoms with E-state index >= 15 is 0 Å². The highest BCUT2D eigenvalue weighted by Gasteiger charge is 2.41. The van der Waals surface area contributed by atoms with Gasteiger partial charge in [-0.25, -0.2) is 14.4 Å². The summed E-state index contributed by atoms with van der Waals surface area (Å²) in [5.74, 6) is -6.14. The number of carbonyl (C=O) groups is 5. The van der Waals surface area contributed by atoms with Crippen LogP contribution in [0.4, 0.5) is 0 Å². The Bertz CT molecular complexity index is 1280. The highest BCUT2D eigenvalue weighted by atomic mass is 16.6. The quantitative estimate of drug-likeness (QED) is 0.315. The molecule has 3 rings (SSSR count). The van der Waals surface area contributed by atoms with Crippen LogP contribution < -0.4 is 10.9 Å². The SMILES string of the molecule is Cc1cccc(C(=O)O[C@H](C(=O)O)[C@H](OC(=O)c2cccc(C)c2)C(=O)NNC(=O)c2ccco2)c1. The van der Waals surface area contributed by atoms with Gasteiger partial charge in [-0.1, -0.05) is 35.4 Å². The summed E-state index contributed by atoms with van der Waals surface area (Å²) in [4.78, 5) is 62.3. The van der Waals surface area contributed by atoms with E-state index in [2.05, 4.69) is 0 Å². The average Bonchev–Trinajstić information content (AvgIpc) is 3.39. The zero-order chi connectivity index (χ0) is 26.2. The highest BCUT2D eigenvalue weighted by Crippen LogP contribution is 2.15. The van der Waals surface area contributed by atoms with Gasteiger partial charge >= 0.3 is 23.8 Å². The molecule has 186 valence electrons. The number of furan rings is 1. The molecule has 11 heteroatoms. The highest BCUT2D eigenvalue weighted by molar-refractivity contribution is 5.98. The topological polar surface area (TPSA) is 161 Å². The number of ether oxygens (including phenoxy) is 2. The predicted molar refractivity (Wildman–Crippen MR) is 123 cm³/mol. The molecule has 2 atom stereocenters. The summed E-state index contributed by atoms with van der Waals surface area (Å²) in [5.41, 5.74) is 5.45. The van der Waals surface area contributed by atoms with Gasteiger partial charge < -0.3 is 19.0 Å². The van der Waals surface area contributed by atoms with Gasteiger partial charge in [0.05, 0.1) is 17.4 Å². The van der Waals surface area contributed by atoms with Crippen LogP contribution in [0.2, 0.25) is 0 Å². The lowest BCUT2D eigenvalue weighted by Crippen LogP contribution is -2.54. The van der Waals surface area contributed by atoms with Crippen molar-refractivity contribution in [2.75, 3.05) is 0 Å². The zero-order valence-electron chi connectivity index (χ0n) is 19.2. The normalized spacial score (nSPS) is 12.1. The number of hydrogen-bond acceptors (Lipinski definition) is 8. The van der Waals surface area contributed by atoms with E-state index < -0.39 is 41.9 Å². The van der Waals surface area contributed by atoms with Gasteiger partial charge in [0.15, 0.2) is 5.76 Å². The maximum Gasteiger partial charge on any atom is 0.349 e. The molecule has 0 bridgehead atoms. The van der Waals surface area contributed by atoms with Crippen molar-refractivity contribution >= 4 is 29.7 Å². The molecule has 2 amide bonds. The number of benzene rings is 2. The minimum atomic E-state index is -2.24. The summed E-state index contributed by atoms with van der Waals surface area (Å²) in [6.45, 7) is 3.43. The molecule has 1 heterocycles. The van der Waals surface area contributed by atoms with E-state index in [0.717, 1.165) is 0 Å². The number of rotatable bonds is 8. The molecule has 36 heavy (non-hydrogen) atoms. The van der Waals surface area contributed by atoms with Crippen LogP contribution in [0.5, 0.6) is 0 Å². The van der Waals surface area contributed by atoms with Gasteiger partial charge in [-0.2, -0.15) is 0 Å². The van der Waals surface area contributed by atoms with Gasteiger partial charge in [0.25, 0.3) is 5.91 Å². The van der Waals surface area contributed by atoms with Crippen LogP contribution in [0.1, 0.15) is 42.4 Å². The molecule has 0 saturated heterocycles. The van der Waals surface area contributed by atoms with E-state index in [4.69, 9.17) is 13.9 Å². The molecule has 0 unspecified atom stereocenters. The molecule has 0 fully saturated rings. The predicted octanol–water partition coefficient (Wildman–Crippen LogP) is 2.19. The fourth-order valence-corrected chi connectivity index (χ4v) is 3.06. The van der Waals surface area contributed by atoms with Crippen molar-refractivity contribution in [3.63, 3.8) is 0 Å². The van der Waals surface area contributed by atoms with E-state index in [1.165, 1.54) is 42.7 Å². The number of nitrogens with one attached hydrogen (secondary N) is 2. The molecular formula is C25H22N2O9. The first kappa shape index (κ1) is 25.7. The number of hydrazine groups is 1. The monoisotopic (exact) mass is 494 g/mol. The number of aliphatic carboxylic acids is 1. The van der Waals surface area contributed by atoms with Crippen LogP contribution in [0.15, 0.2) is 71.3 Å². The lowest BCUT2D eigenvalue weighted by molar-refractivity contribution is -0.159. The molecule has 0 aliphatic rings. The van der Waals surface area contributed by atoms with Crippen LogP contribution >= 0.6 is 0 Å². The van der Waals surface area contributed by atoms with E-state index in [-0.39, 0.29) is 16.9 Å². The largest absolute Gasteiger partial charge is 0.478 e. The summed E-state index contributed by atoms with van der Waals surface area (Å²) in [5, 5.41) is 9.75. The summed E-state index contributed by atoms with van der Waals surface area (Å²) in [6, 6.07) is 15.0. The zero-order valence-corrected chi connectivity index (χ0v) is 19.2. The molecule has 0 aliphatic heterocycles. The fraction of sp³-hybridized carbons (Fsp3) is 0.160. The number of aryl methyl sites for hydroxylation is 2. The van der Waals surface area contributed by atoms with Crippen molar-refractivity contribution in [1.29, 1.82) is 0 Å². The molecule has 0 radical (unpaired) electrons. The Morgan fingerprint density at radius 1 is 0.778 bits per heavy atom. The van der Waals surface area contributed by atoms with E-state index in [0.29, 0.717) is 11.1 Å². The minimum Gasteiger partial charge on any atom is -0.478 e. The van der Waals surface area contributed by atoms with Crippen LogP contribution in [-0.2, 0) is 19.1 Å². The van der Waals surface area contributed by atoms with Gasteiger partial charge in [0.1, 0.15) is 0 Å². The van der Waals surface area contributed by atoms with E-state index in [1.807, 2.05) is 10.9 Å². The number of carboxylic acids is 1.